The summed E-state index contributed by atoms with van der Waals surface area (Å²) in [7, 11) is 1.71. The zero-order valence-corrected chi connectivity index (χ0v) is 12.0. The van der Waals surface area contributed by atoms with E-state index in [0.717, 1.165) is 26.1 Å². The fraction of sp³-hybridized carbons (Fsp3) is 0.571. The van der Waals surface area contributed by atoms with Crippen LogP contribution >= 0.6 is 11.8 Å². The maximum atomic E-state index is 8.87. The predicted molar refractivity (Wildman–Crippen MR) is 77.0 cm³/mol. The highest BCUT2D eigenvalue weighted by Gasteiger charge is 2.03. The molecule has 1 atom stereocenters. The Morgan fingerprint density at radius 3 is 2.67 bits per heavy atom. The molecule has 0 aliphatic carbocycles. The van der Waals surface area contributed by atoms with Crippen LogP contribution in [-0.2, 0) is 11.3 Å². The van der Waals surface area contributed by atoms with E-state index in [1.807, 2.05) is 11.8 Å². The van der Waals surface area contributed by atoms with Gasteiger partial charge in [-0.1, -0.05) is 19.1 Å². The number of nitrogens with one attached hydrogen (secondary N) is 1. The Labute approximate surface area is 114 Å². The van der Waals surface area contributed by atoms with E-state index in [9.17, 15) is 0 Å². The van der Waals surface area contributed by atoms with Gasteiger partial charge in [-0.15, -0.1) is 11.8 Å². The van der Waals surface area contributed by atoms with Crippen molar-refractivity contribution in [3.8, 4) is 0 Å². The zero-order chi connectivity index (χ0) is 13.2. The van der Waals surface area contributed by atoms with Crippen LogP contribution in [0.1, 0.15) is 18.9 Å². The summed E-state index contributed by atoms with van der Waals surface area (Å²) in [5, 5.41) is 12.6. The minimum atomic E-state index is 0.260. The number of hydrogen-bond donors (Lipinski definition) is 2. The molecule has 0 amide bonds. The van der Waals surface area contributed by atoms with Gasteiger partial charge in [-0.2, -0.15) is 0 Å². The number of aliphatic hydroxyl groups is 1. The van der Waals surface area contributed by atoms with E-state index in [4.69, 9.17) is 9.84 Å². The van der Waals surface area contributed by atoms with E-state index < -0.39 is 0 Å². The first-order chi connectivity index (χ1) is 8.76. The van der Waals surface area contributed by atoms with E-state index in [0.29, 0.717) is 5.25 Å². The Hall–Kier alpha value is -0.550. The SMILES string of the molecule is COCCNCc1ccc(SC(C)CCO)cc1. The molecule has 102 valence electrons. The lowest BCUT2D eigenvalue weighted by atomic mass is 10.2. The second-order valence-corrected chi connectivity index (χ2v) is 5.77. The summed E-state index contributed by atoms with van der Waals surface area (Å²) in [4.78, 5) is 1.26. The molecule has 0 saturated carbocycles. The minimum absolute atomic E-state index is 0.260. The third kappa shape index (κ3) is 6.40. The molecule has 0 fully saturated rings. The van der Waals surface area contributed by atoms with Crippen LogP contribution in [0.25, 0.3) is 0 Å². The highest BCUT2D eigenvalue weighted by atomic mass is 32.2. The Morgan fingerprint density at radius 2 is 2.06 bits per heavy atom. The highest BCUT2D eigenvalue weighted by Crippen LogP contribution is 2.25. The van der Waals surface area contributed by atoms with Gasteiger partial charge in [0.25, 0.3) is 0 Å². The quantitative estimate of drug-likeness (QED) is 0.533. The van der Waals surface area contributed by atoms with Crippen LogP contribution in [0.5, 0.6) is 0 Å². The van der Waals surface area contributed by atoms with E-state index in [1.165, 1.54) is 10.5 Å². The van der Waals surface area contributed by atoms with Gasteiger partial charge in [-0.05, 0) is 24.1 Å². The second-order valence-electron chi connectivity index (χ2n) is 4.25. The van der Waals surface area contributed by atoms with Gasteiger partial charge in [0, 0.05) is 37.0 Å². The molecule has 0 aromatic heterocycles. The summed E-state index contributed by atoms with van der Waals surface area (Å²) < 4.78 is 4.98. The van der Waals surface area contributed by atoms with Gasteiger partial charge in [0.2, 0.25) is 0 Å². The van der Waals surface area contributed by atoms with Crippen LogP contribution in [0.3, 0.4) is 0 Å². The maximum absolute atomic E-state index is 8.87. The van der Waals surface area contributed by atoms with Crippen LogP contribution < -0.4 is 5.32 Å². The van der Waals surface area contributed by atoms with Gasteiger partial charge in [0.1, 0.15) is 0 Å². The van der Waals surface area contributed by atoms with Crippen LogP contribution in [0.2, 0.25) is 0 Å². The molecule has 4 heteroatoms. The number of ether oxygens (including phenoxy) is 1. The number of benzene rings is 1. The molecule has 1 aromatic rings. The van der Waals surface area contributed by atoms with Gasteiger partial charge in [0.15, 0.2) is 0 Å². The molecule has 0 heterocycles. The van der Waals surface area contributed by atoms with Crippen molar-refractivity contribution in [1.29, 1.82) is 0 Å². The summed E-state index contributed by atoms with van der Waals surface area (Å²) in [5.74, 6) is 0. The monoisotopic (exact) mass is 269 g/mol. The fourth-order valence-electron chi connectivity index (χ4n) is 1.57. The lowest BCUT2D eigenvalue weighted by Gasteiger charge is -2.10. The van der Waals surface area contributed by atoms with Crippen LogP contribution in [0.4, 0.5) is 0 Å². The first kappa shape index (κ1) is 15.5. The molecule has 0 aliphatic rings. The van der Waals surface area contributed by atoms with E-state index in [2.05, 4.69) is 36.5 Å². The van der Waals surface area contributed by atoms with E-state index in [-0.39, 0.29) is 6.61 Å². The first-order valence-corrected chi connectivity index (χ1v) is 7.20. The standard InChI is InChI=1S/C14H23NO2S/c1-12(7-9-16)18-14-5-3-13(4-6-14)11-15-8-10-17-2/h3-6,12,15-16H,7-11H2,1-2H3. The van der Waals surface area contributed by atoms with Gasteiger partial charge in [-0.25, -0.2) is 0 Å². The maximum Gasteiger partial charge on any atom is 0.0587 e. The molecule has 0 saturated heterocycles. The average Bonchev–Trinajstić information content (AvgIpc) is 2.37. The first-order valence-electron chi connectivity index (χ1n) is 6.32. The molecule has 0 spiro atoms. The highest BCUT2D eigenvalue weighted by molar-refractivity contribution is 7.99. The lowest BCUT2D eigenvalue weighted by molar-refractivity contribution is 0.199. The Bertz CT molecular complexity index is 316. The molecule has 0 radical (unpaired) electrons. The lowest BCUT2D eigenvalue weighted by Crippen LogP contribution is -2.18. The number of thioether (sulfide) groups is 1. The number of hydrogen-bond acceptors (Lipinski definition) is 4. The topological polar surface area (TPSA) is 41.5 Å². The van der Waals surface area contributed by atoms with E-state index in [1.54, 1.807) is 7.11 Å². The van der Waals surface area contributed by atoms with Gasteiger partial charge >= 0.3 is 0 Å². The van der Waals surface area contributed by atoms with Crippen molar-refractivity contribution in [2.45, 2.75) is 30.0 Å². The summed E-state index contributed by atoms with van der Waals surface area (Å²) >= 11 is 1.81. The Balaban J connectivity index is 2.33. The van der Waals surface area contributed by atoms with Crippen molar-refractivity contribution >= 4 is 11.8 Å². The van der Waals surface area contributed by atoms with Crippen molar-refractivity contribution in [3.63, 3.8) is 0 Å². The molecule has 1 rings (SSSR count). The molecule has 3 nitrogen and oxygen atoms in total. The van der Waals surface area contributed by atoms with Crippen molar-refractivity contribution < 1.29 is 9.84 Å². The van der Waals surface area contributed by atoms with Crippen LogP contribution in [0, 0.1) is 0 Å². The summed E-state index contributed by atoms with van der Waals surface area (Å²) in [6.07, 6.45) is 0.838. The largest absolute Gasteiger partial charge is 0.396 e. The number of rotatable bonds is 9. The molecular formula is C14H23NO2S. The van der Waals surface area contributed by atoms with E-state index >= 15 is 0 Å². The molecule has 0 bridgehead atoms. The smallest absolute Gasteiger partial charge is 0.0587 e. The third-order valence-corrected chi connectivity index (χ3v) is 3.79. The van der Waals surface area contributed by atoms with Crippen LogP contribution in [0.15, 0.2) is 29.2 Å². The van der Waals surface area contributed by atoms with Crippen LogP contribution in [-0.4, -0.2) is 37.2 Å². The van der Waals surface area contributed by atoms with Crippen molar-refractivity contribution in [3.05, 3.63) is 29.8 Å². The Kier molecular flexibility index (Phi) is 8.09. The van der Waals surface area contributed by atoms with Crippen molar-refractivity contribution in [2.24, 2.45) is 0 Å². The number of methoxy groups -OCH3 is 1. The summed E-state index contributed by atoms with van der Waals surface area (Å²) in [5.41, 5.74) is 1.28. The third-order valence-electron chi connectivity index (χ3n) is 2.61. The molecule has 18 heavy (non-hydrogen) atoms. The van der Waals surface area contributed by atoms with Gasteiger partial charge in [-0.3, -0.25) is 0 Å². The zero-order valence-electron chi connectivity index (χ0n) is 11.2. The van der Waals surface area contributed by atoms with Crippen molar-refractivity contribution in [2.75, 3.05) is 26.9 Å². The molecule has 1 aromatic carbocycles. The number of aliphatic hydroxyl groups excluding tert-OH is 1. The molecule has 1 unspecified atom stereocenters. The molecule has 0 aliphatic heterocycles. The van der Waals surface area contributed by atoms with Gasteiger partial charge < -0.3 is 15.2 Å². The van der Waals surface area contributed by atoms with Crippen molar-refractivity contribution in [1.82, 2.24) is 5.32 Å². The average molecular weight is 269 g/mol. The van der Waals surface area contributed by atoms with Gasteiger partial charge in [0.05, 0.1) is 6.61 Å². The normalized spacial score (nSPS) is 12.6. The Morgan fingerprint density at radius 1 is 1.33 bits per heavy atom. The second kappa shape index (κ2) is 9.39. The predicted octanol–water partition coefficient (Wildman–Crippen LogP) is 2.29. The molecule has 2 N–H and O–H groups in total. The minimum Gasteiger partial charge on any atom is -0.396 e. The summed E-state index contributed by atoms with van der Waals surface area (Å²) in [6.45, 7) is 4.89. The molecular weight excluding hydrogens is 246 g/mol. The summed E-state index contributed by atoms with van der Waals surface area (Å²) in [6, 6.07) is 8.58. The fourth-order valence-corrected chi connectivity index (χ4v) is 2.55.